The predicted molar refractivity (Wildman–Crippen MR) is 45.3 cm³/mol. The van der Waals surface area contributed by atoms with Crippen LogP contribution in [0.5, 0.6) is 0 Å². The van der Waals surface area contributed by atoms with Crippen molar-refractivity contribution in [2.45, 2.75) is 6.92 Å². The second-order valence-corrected chi connectivity index (χ2v) is 2.59. The second kappa shape index (κ2) is 2.35. The third-order valence-corrected chi connectivity index (χ3v) is 1.82. The minimum absolute atomic E-state index is 1.09. The molecule has 0 N–H and O–H groups in total. The van der Waals surface area contributed by atoms with Crippen LogP contribution in [0.25, 0.3) is 10.8 Å². The molecule has 0 bridgehead atoms. The third kappa shape index (κ3) is 0.984. The Kier molecular flexibility index (Phi) is 1.35. The molecule has 1 aromatic carbocycles. The Labute approximate surface area is 65.7 Å². The number of fused-ring (bicyclic) bond motifs is 1. The van der Waals surface area contributed by atoms with Gasteiger partial charge in [0.2, 0.25) is 0 Å². The molecule has 0 amide bonds. The van der Waals surface area contributed by atoms with Gasteiger partial charge < -0.3 is 0 Å². The molecule has 0 aliphatic heterocycles. The van der Waals surface area contributed by atoms with E-state index in [1.165, 1.54) is 10.9 Å². The quantitative estimate of drug-likeness (QED) is 0.550. The Morgan fingerprint density at radius 2 is 2.18 bits per heavy atom. The van der Waals surface area contributed by atoms with Crippen LogP contribution >= 0.6 is 0 Å². The van der Waals surface area contributed by atoms with Gasteiger partial charge in [-0.05, 0) is 23.9 Å². The molecule has 53 valence electrons. The summed E-state index contributed by atoms with van der Waals surface area (Å²) < 4.78 is 0. The fraction of sp³-hybridized carbons (Fsp3) is 0.100. The third-order valence-electron chi connectivity index (χ3n) is 1.82. The van der Waals surface area contributed by atoms with Gasteiger partial charge in [-0.1, -0.05) is 18.2 Å². The first-order chi connectivity index (χ1) is 5.38. The van der Waals surface area contributed by atoms with E-state index in [1.54, 1.807) is 6.20 Å². The SMILES string of the molecule is Cc1cccc2[c]nccc12. The van der Waals surface area contributed by atoms with Gasteiger partial charge in [-0.2, -0.15) is 0 Å². The van der Waals surface area contributed by atoms with Crippen molar-refractivity contribution < 1.29 is 0 Å². The Hall–Kier alpha value is -1.37. The first-order valence-corrected chi connectivity index (χ1v) is 3.60. The normalized spacial score (nSPS) is 10.3. The van der Waals surface area contributed by atoms with E-state index >= 15 is 0 Å². The number of hydrogen-bond acceptors (Lipinski definition) is 1. The van der Waals surface area contributed by atoms with Crippen LogP contribution in [-0.2, 0) is 0 Å². The van der Waals surface area contributed by atoms with E-state index in [9.17, 15) is 0 Å². The van der Waals surface area contributed by atoms with E-state index in [0.29, 0.717) is 0 Å². The van der Waals surface area contributed by atoms with Gasteiger partial charge >= 0.3 is 0 Å². The average molecular weight is 142 g/mol. The number of aryl methyl sites for hydroxylation is 1. The summed E-state index contributed by atoms with van der Waals surface area (Å²) in [6.45, 7) is 2.09. The molecule has 2 aromatic rings. The first kappa shape index (κ1) is 6.35. The van der Waals surface area contributed by atoms with Crippen molar-refractivity contribution in [3.63, 3.8) is 0 Å². The average Bonchev–Trinajstić information content (AvgIpc) is 2.06. The molecule has 11 heavy (non-hydrogen) atoms. The molecular formula is C10H8N. The largest absolute Gasteiger partial charge is 0.254 e. The molecule has 0 spiro atoms. The van der Waals surface area contributed by atoms with E-state index in [2.05, 4.69) is 24.2 Å². The summed E-state index contributed by atoms with van der Waals surface area (Å²) >= 11 is 0. The van der Waals surface area contributed by atoms with Crippen LogP contribution in [0.4, 0.5) is 0 Å². The van der Waals surface area contributed by atoms with Crippen molar-refractivity contribution in [3.8, 4) is 0 Å². The lowest BCUT2D eigenvalue weighted by molar-refractivity contribution is 1.34. The number of nitrogens with zero attached hydrogens (tertiary/aromatic N) is 1. The van der Waals surface area contributed by atoms with Crippen LogP contribution in [0.3, 0.4) is 0 Å². The second-order valence-electron chi connectivity index (χ2n) is 2.59. The molecule has 0 aliphatic carbocycles. The maximum Gasteiger partial charge on any atom is 0.0970 e. The maximum absolute atomic E-state index is 3.93. The fourth-order valence-corrected chi connectivity index (χ4v) is 1.22. The highest BCUT2D eigenvalue weighted by atomic mass is 14.6. The summed E-state index contributed by atoms with van der Waals surface area (Å²) in [6.07, 6.45) is 4.71. The first-order valence-electron chi connectivity index (χ1n) is 3.60. The van der Waals surface area contributed by atoms with Crippen LogP contribution in [0, 0.1) is 13.1 Å². The lowest BCUT2D eigenvalue weighted by Gasteiger charge is -1.97. The molecule has 1 nitrogen and oxygen atoms in total. The Bertz CT molecular complexity index is 374. The summed E-state index contributed by atoms with van der Waals surface area (Å²) in [4.78, 5) is 3.93. The van der Waals surface area contributed by atoms with E-state index < -0.39 is 0 Å². The zero-order valence-electron chi connectivity index (χ0n) is 6.33. The smallest absolute Gasteiger partial charge is 0.0970 e. The van der Waals surface area contributed by atoms with Gasteiger partial charge in [0.25, 0.3) is 0 Å². The van der Waals surface area contributed by atoms with Gasteiger partial charge in [0.15, 0.2) is 0 Å². The number of rotatable bonds is 0. The van der Waals surface area contributed by atoms with Gasteiger partial charge in [-0.3, -0.25) is 4.98 Å². The maximum atomic E-state index is 3.93. The van der Waals surface area contributed by atoms with Crippen molar-refractivity contribution in [2.24, 2.45) is 0 Å². The molecule has 0 aliphatic rings. The molecule has 0 fully saturated rings. The van der Waals surface area contributed by atoms with Gasteiger partial charge in [0, 0.05) is 11.6 Å². The highest BCUT2D eigenvalue weighted by Crippen LogP contribution is 2.14. The molecule has 2 rings (SSSR count). The van der Waals surface area contributed by atoms with Gasteiger partial charge in [0.05, 0.1) is 6.20 Å². The molecule has 1 radical (unpaired) electrons. The van der Waals surface area contributed by atoms with Crippen molar-refractivity contribution in [3.05, 3.63) is 42.2 Å². The summed E-state index contributed by atoms with van der Waals surface area (Å²) in [5, 5.41) is 2.33. The molecule has 1 heterocycles. The van der Waals surface area contributed by atoms with Crippen LogP contribution in [-0.4, -0.2) is 4.98 Å². The highest BCUT2D eigenvalue weighted by molar-refractivity contribution is 5.83. The molecule has 0 saturated carbocycles. The lowest BCUT2D eigenvalue weighted by Crippen LogP contribution is -1.78. The molecule has 0 unspecified atom stereocenters. The molecule has 0 saturated heterocycles. The topological polar surface area (TPSA) is 12.9 Å². The van der Waals surface area contributed by atoms with Crippen LogP contribution in [0.1, 0.15) is 5.56 Å². The van der Waals surface area contributed by atoms with E-state index in [4.69, 9.17) is 0 Å². The van der Waals surface area contributed by atoms with Gasteiger partial charge in [-0.25, -0.2) is 0 Å². The number of aromatic nitrogens is 1. The van der Waals surface area contributed by atoms with Crippen molar-refractivity contribution >= 4 is 10.8 Å². The zero-order valence-corrected chi connectivity index (χ0v) is 6.33. The monoisotopic (exact) mass is 142 g/mol. The number of benzene rings is 1. The summed E-state index contributed by atoms with van der Waals surface area (Å²) in [5.74, 6) is 0. The predicted octanol–water partition coefficient (Wildman–Crippen LogP) is 2.34. The van der Waals surface area contributed by atoms with Crippen LogP contribution in [0.2, 0.25) is 0 Å². The van der Waals surface area contributed by atoms with Crippen molar-refractivity contribution in [2.75, 3.05) is 0 Å². The lowest BCUT2D eigenvalue weighted by atomic mass is 10.1. The highest BCUT2D eigenvalue weighted by Gasteiger charge is 1.93. The minimum atomic E-state index is 1.09. The van der Waals surface area contributed by atoms with Crippen LogP contribution in [0.15, 0.2) is 30.5 Å². The van der Waals surface area contributed by atoms with Gasteiger partial charge in [-0.15, -0.1) is 0 Å². The molecular weight excluding hydrogens is 134 g/mol. The van der Waals surface area contributed by atoms with Crippen LogP contribution < -0.4 is 0 Å². The van der Waals surface area contributed by atoms with Crippen molar-refractivity contribution in [1.82, 2.24) is 4.98 Å². The summed E-state index contributed by atoms with van der Waals surface area (Å²) in [6, 6.07) is 8.16. The van der Waals surface area contributed by atoms with Gasteiger partial charge in [0.1, 0.15) is 0 Å². The zero-order chi connectivity index (χ0) is 7.68. The molecule has 1 aromatic heterocycles. The van der Waals surface area contributed by atoms with E-state index in [0.717, 1.165) is 5.39 Å². The minimum Gasteiger partial charge on any atom is -0.254 e. The Morgan fingerprint density at radius 1 is 1.27 bits per heavy atom. The number of hydrogen-bond donors (Lipinski definition) is 0. The van der Waals surface area contributed by atoms with E-state index in [-0.39, 0.29) is 0 Å². The van der Waals surface area contributed by atoms with E-state index in [1.807, 2.05) is 18.2 Å². The summed E-state index contributed by atoms with van der Waals surface area (Å²) in [5.41, 5.74) is 1.28. The Balaban J connectivity index is 2.91. The molecule has 1 heteroatoms. The van der Waals surface area contributed by atoms with Crippen molar-refractivity contribution in [1.29, 1.82) is 0 Å². The standard InChI is InChI=1S/C10H8N/c1-8-3-2-4-9-7-11-6-5-10(8)9/h2-6H,1H3. The summed E-state index contributed by atoms with van der Waals surface area (Å²) in [7, 11) is 0. The Morgan fingerprint density at radius 3 is 3.00 bits per heavy atom. The fourth-order valence-electron chi connectivity index (χ4n) is 1.22. The number of pyridine rings is 1. The molecule has 0 atom stereocenters.